The molecule has 0 aliphatic carbocycles. The number of hydrogen-bond acceptors (Lipinski definition) is 5. The van der Waals surface area contributed by atoms with Crippen molar-refractivity contribution in [2.75, 3.05) is 25.5 Å². The number of hydrogen-bond donors (Lipinski definition) is 2. The second kappa shape index (κ2) is 8.76. The van der Waals surface area contributed by atoms with Crippen molar-refractivity contribution in [3.05, 3.63) is 64.4 Å². The van der Waals surface area contributed by atoms with Crippen LogP contribution in [0.1, 0.15) is 18.4 Å². The molecule has 0 radical (unpaired) electrons. The molecule has 1 saturated heterocycles. The predicted octanol–water partition coefficient (Wildman–Crippen LogP) is 2.88. The van der Waals surface area contributed by atoms with Gasteiger partial charge in [-0.1, -0.05) is 6.07 Å². The number of sulfonamides is 1. The van der Waals surface area contributed by atoms with Crippen molar-refractivity contribution < 1.29 is 17.9 Å². The molecule has 3 aromatic rings. The number of aryl methyl sites for hydroxylation is 1. The van der Waals surface area contributed by atoms with Gasteiger partial charge in [0.2, 0.25) is 21.5 Å². The summed E-state index contributed by atoms with van der Waals surface area (Å²) in [6, 6.07) is 13.1. The molecule has 168 valence electrons. The molecule has 1 aliphatic heterocycles. The number of ether oxygens (including phenoxy) is 1. The Labute approximate surface area is 186 Å². The molecule has 0 saturated carbocycles. The number of H-pyrrole nitrogens is 1. The summed E-state index contributed by atoms with van der Waals surface area (Å²) in [7, 11) is -2.25. The molecule has 32 heavy (non-hydrogen) atoms. The van der Waals surface area contributed by atoms with E-state index in [0.717, 1.165) is 5.56 Å². The Kier molecular flexibility index (Phi) is 6.03. The Morgan fingerprint density at radius 3 is 2.75 bits per heavy atom. The number of aromatic nitrogens is 1. The van der Waals surface area contributed by atoms with E-state index in [0.29, 0.717) is 41.7 Å². The van der Waals surface area contributed by atoms with Gasteiger partial charge in [0.15, 0.2) is 0 Å². The van der Waals surface area contributed by atoms with E-state index in [4.69, 9.17) is 4.74 Å². The number of methoxy groups -OCH3 is 1. The fourth-order valence-electron chi connectivity index (χ4n) is 3.97. The third-order valence-corrected chi connectivity index (χ3v) is 7.56. The number of anilines is 1. The van der Waals surface area contributed by atoms with Gasteiger partial charge in [-0.15, -0.1) is 0 Å². The zero-order valence-corrected chi connectivity index (χ0v) is 18.7. The van der Waals surface area contributed by atoms with Crippen molar-refractivity contribution in [1.82, 2.24) is 9.29 Å². The fraction of sp³-hybridized carbons (Fsp3) is 0.304. The Balaban J connectivity index is 1.54. The molecular weight excluding hydrogens is 430 g/mol. The van der Waals surface area contributed by atoms with Crippen LogP contribution in [-0.4, -0.2) is 43.8 Å². The van der Waals surface area contributed by atoms with Crippen molar-refractivity contribution in [3.8, 4) is 5.75 Å². The van der Waals surface area contributed by atoms with Crippen molar-refractivity contribution in [3.63, 3.8) is 0 Å². The van der Waals surface area contributed by atoms with Crippen LogP contribution in [0.4, 0.5) is 5.69 Å². The third kappa shape index (κ3) is 4.39. The normalized spacial score (nSPS) is 17.2. The maximum absolute atomic E-state index is 13.3. The highest BCUT2D eigenvalue weighted by Gasteiger charge is 2.33. The van der Waals surface area contributed by atoms with Crippen molar-refractivity contribution in [2.45, 2.75) is 24.7 Å². The lowest BCUT2D eigenvalue weighted by Crippen LogP contribution is -2.43. The molecule has 1 aromatic heterocycles. The number of amides is 1. The molecule has 8 nitrogen and oxygen atoms in total. The number of pyridine rings is 1. The number of carbonyl (C=O) groups is 1. The number of benzene rings is 2. The summed E-state index contributed by atoms with van der Waals surface area (Å²) in [6.07, 6.45) is 1.19. The Morgan fingerprint density at radius 2 is 1.97 bits per heavy atom. The molecule has 0 spiro atoms. The monoisotopic (exact) mass is 455 g/mol. The van der Waals surface area contributed by atoms with E-state index in [1.54, 1.807) is 24.3 Å². The van der Waals surface area contributed by atoms with Crippen LogP contribution in [0.15, 0.2) is 58.2 Å². The topological polar surface area (TPSA) is 109 Å². The minimum Gasteiger partial charge on any atom is -0.495 e. The summed E-state index contributed by atoms with van der Waals surface area (Å²) in [5.41, 5.74) is 1.87. The lowest BCUT2D eigenvalue weighted by atomic mass is 9.98. The van der Waals surface area contributed by atoms with Gasteiger partial charge >= 0.3 is 0 Å². The number of piperidine rings is 1. The maximum atomic E-state index is 13.3. The van der Waals surface area contributed by atoms with Crippen molar-refractivity contribution in [1.29, 1.82) is 0 Å². The van der Waals surface area contributed by atoms with Crippen molar-refractivity contribution >= 4 is 32.5 Å². The first-order chi connectivity index (χ1) is 15.3. The number of rotatable bonds is 5. The predicted molar refractivity (Wildman–Crippen MR) is 122 cm³/mol. The summed E-state index contributed by atoms with van der Waals surface area (Å²) in [6.45, 7) is 2.37. The van der Waals surface area contributed by atoms with Crippen LogP contribution in [0.25, 0.3) is 10.9 Å². The second-order valence-corrected chi connectivity index (χ2v) is 9.90. The molecule has 0 unspecified atom stereocenters. The van der Waals surface area contributed by atoms with E-state index < -0.39 is 15.9 Å². The van der Waals surface area contributed by atoms with E-state index in [9.17, 15) is 18.0 Å². The Hall–Kier alpha value is -3.17. The first kappa shape index (κ1) is 22.0. The van der Waals surface area contributed by atoms with Gasteiger partial charge in [-0.25, -0.2) is 8.42 Å². The summed E-state index contributed by atoms with van der Waals surface area (Å²) >= 11 is 0. The van der Waals surface area contributed by atoms with Gasteiger partial charge in [0.25, 0.3) is 0 Å². The average Bonchev–Trinajstić information content (AvgIpc) is 2.79. The number of fused-ring (bicyclic) bond motifs is 1. The Morgan fingerprint density at radius 1 is 1.16 bits per heavy atom. The Bertz CT molecular complexity index is 1330. The highest BCUT2D eigenvalue weighted by molar-refractivity contribution is 7.89. The fourth-order valence-corrected chi connectivity index (χ4v) is 5.53. The molecular formula is C23H25N3O5S. The molecule has 2 aromatic carbocycles. The molecule has 2 N–H and O–H groups in total. The van der Waals surface area contributed by atoms with Crippen LogP contribution < -0.4 is 15.6 Å². The maximum Gasteiger partial charge on any atom is 0.248 e. The number of nitrogens with one attached hydrogen (secondary N) is 2. The molecule has 9 heteroatoms. The summed E-state index contributed by atoms with van der Waals surface area (Å²) in [4.78, 5) is 27.2. The van der Waals surface area contributed by atoms with E-state index in [1.807, 2.05) is 19.1 Å². The first-order valence-corrected chi connectivity index (χ1v) is 11.8. The number of carbonyl (C=O) groups excluding carboxylic acids is 1. The lowest BCUT2D eigenvalue weighted by Gasteiger charge is -2.31. The summed E-state index contributed by atoms with van der Waals surface area (Å²) in [5, 5.41) is 3.52. The smallest absolute Gasteiger partial charge is 0.248 e. The van der Waals surface area contributed by atoms with Crippen LogP contribution in [-0.2, 0) is 14.8 Å². The van der Waals surface area contributed by atoms with Gasteiger partial charge in [0, 0.05) is 24.7 Å². The van der Waals surface area contributed by atoms with Gasteiger partial charge in [-0.3, -0.25) is 9.59 Å². The van der Waals surface area contributed by atoms with Crippen molar-refractivity contribution in [2.24, 2.45) is 5.92 Å². The number of aromatic amines is 1. The van der Waals surface area contributed by atoms with E-state index in [2.05, 4.69) is 10.3 Å². The standard InChI is InChI=1S/C23H25N3O5S/c1-15-5-9-21(31-2)20(12-15)25-23(28)17-4-3-11-26(14-17)32(29,30)18-7-8-19-16(13-18)6-10-22(27)24-19/h5-10,12-13,17H,3-4,11,14H2,1-2H3,(H,24,27)(H,25,28)/t17-/m1/s1. The SMILES string of the molecule is COc1ccc(C)cc1NC(=O)[C@@H]1CCCN(S(=O)(=O)c2ccc3[nH]c(=O)ccc3c2)C1. The molecule has 1 atom stereocenters. The van der Waals surface area contributed by atoms with Crippen LogP contribution in [0, 0.1) is 12.8 Å². The van der Waals surface area contributed by atoms with E-state index in [1.165, 1.54) is 23.5 Å². The zero-order valence-electron chi connectivity index (χ0n) is 17.9. The zero-order chi connectivity index (χ0) is 22.9. The molecule has 2 heterocycles. The highest BCUT2D eigenvalue weighted by atomic mass is 32.2. The highest BCUT2D eigenvalue weighted by Crippen LogP contribution is 2.29. The van der Waals surface area contributed by atoms with Gasteiger partial charge in [-0.05, 0) is 67.1 Å². The molecule has 1 fully saturated rings. The lowest BCUT2D eigenvalue weighted by molar-refractivity contribution is -0.120. The largest absolute Gasteiger partial charge is 0.495 e. The van der Waals surface area contributed by atoms with E-state index >= 15 is 0 Å². The quantitative estimate of drug-likeness (QED) is 0.615. The first-order valence-electron chi connectivity index (χ1n) is 10.4. The molecule has 1 amide bonds. The van der Waals surface area contributed by atoms with E-state index in [-0.39, 0.29) is 22.9 Å². The van der Waals surface area contributed by atoms with Gasteiger partial charge in [0.05, 0.1) is 23.6 Å². The second-order valence-electron chi connectivity index (χ2n) is 7.97. The van der Waals surface area contributed by atoms with Gasteiger partial charge < -0.3 is 15.0 Å². The molecule has 0 bridgehead atoms. The van der Waals surface area contributed by atoms with Gasteiger partial charge in [-0.2, -0.15) is 4.31 Å². The summed E-state index contributed by atoms with van der Waals surface area (Å²) in [5.74, 6) is -0.149. The van der Waals surface area contributed by atoms with Crippen LogP contribution in [0.5, 0.6) is 5.75 Å². The van der Waals surface area contributed by atoms with Crippen LogP contribution in [0.2, 0.25) is 0 Å². The van der Waals surface area contributed by atoms with Gasteiger partial charge in [0.1, 0.15) is 5.75 Å². The number of nitrogens with zero attached hydrogens (tertiary/aromatic N) is 1. The summed E-state index contributed by atoms with van der Waals surface area (Å²) < 4.78 is 33.2. The minimum absolute atomic E-state index is 0.103. The average molecular weight is 456 g/mol. The third-order valence-electron chi connectivity index (χ3n) is 5.70. The minimum atomic E-state index is -3.79. The molecule has 1 aliphatic rings. The van der Waals surface area contributed by atoms with Crippen LogP contribution >= 0.6 is 0 Å². The van der Waals surface area contributed by atoms with Crippen LogP contribution in [0.3, 0.4) is 0 Å². The molecule has 4 rings (SSSR count).